The Labute approximate surface area is 115 Å². The molecule has 0 aliphatic carbocycles. The average molecular weight is 278 g/mol. The van der Waals surface area contributed by atoms with E-state index in [0.29, 0.717) is 35.8 Å². The number of methoxy groups -OCH3 is 2. The van der Waals surface area contributed by atoms with Gasteiger partial charge in [-0.2, -0.15) is 0 Å². The number of hydrogen-bond donors (Lipinski definition) is 2. The van der Waals surface area contributed by atoms with Crippen molar-refractivity contribution in [3.8, 4) is 17.2 Å². The van der Waals surface area contributed by atoms with Gasteiger partial charge >= 0.3 is 6.03 Å². The van der Waals surface area contributed by atoms with Gasteiger partial charge in [0, 0.05) is 18.1 Å². The van der Waals surface area contributed by atoms with E-state index in [1.807, 2.05) is 0 Å². The number of hydrogen-bond acceptors (Lipinski definition) is 5. The summed E-state index contributed by atoms with van der Waals surface area (Å²) in [5.41, 5.74) is -0.519. The van der Waals surface area contributed by atoms with Crippen molar-refractivity contribution in [1.29, 1.82) is 0 Å². The fourth-order valence-corrected chi connectivity index (χ4v) is 2.62. The number of ether oxygens (including phenoxy) is 3. The standard InChI is InChI=1S/C13H14N2O5/c1-18-9-5-7-8(6-10(9)19-2)20-4-3-13(7)11(16)14-12(17)15-13/h5-6H,3-4H2,1-2H3,(H2,14,15,16,17). The molecular weight excluding hydrogens is 264 g/mol. The number of urea groups is 1. The minimum atomic E-state index is -1.09. The van der Waals surface area contributed by atoms with Crippen molar-refractivity contribution in [3.63, 3.8) is 0 Å². The molecule has 3 rings (SSSR count). The Kier molecular flexibility index (Phi) is 2.70. The zero-order chi connectivity index (χ0) is 14.3. The van der Waals surface area contributed by atoms with Crippen LogP contribution in [-0.4, -0.2) is 32.8 Å². The van der Waals surface area contributed by atoms with Gasteiger partial charge in [0.1, 0.15) is 5.75 Å². The van der Waals surface area contributed by atoms with Crippen molar-refractivity contribution in [2.24, 2.45) is 0 Å². The second-order valence-electron chi connectivity index (χ2n) is 4.62. The molecule has 20 heavy (non-hydrogen) atoms. The van der Waals surface area contributed by atoms with Gasteiger partial charge in [-0.3, -0.25) is 10.1 Å². The molecule has 2 aliphatic rings. The molecular formula is C13H14N2O5. The van der Waals surface area contributed by atoms with E-state index in [1.165, 1.54) is 14.2 Å². The van der Waals surface area contributed by atoms with Crippen LogP contribution in [0.4, 0.5) is 4.79 Å². The third-order valence-corrected chi connectivity index (χ3v) is 3.62. The van der Waals surface area contributed by atoms with Crippen LogP contribution in [0.2, 0.25) is 0 Å². The van der Waals surface area contributed by atoms with Crippen LogP contribution in [0.1, 0.15) is 12.0 Å². The molecule has 1 aromatic carbocycles. The van der Waals surface area contributed by atoms with E-state index in [0.717, 1.165) is 0 Å². The smallest absolute Gasteiger partial charge is 0.322 e. The highest BCUT2D eigenvalue weighted by molar-refractivity contribution is 6.08. The highest BCUT2D eigenvalue weighted by Crippen LogP contribution is 2.44. The molecule has 7 nitrogen and oxygen atoms in total. The van der Waals surface area contributed by atoms with Gasteiger partial charge in [0.2, 0.25) is 0 Å². The van der Waals surface area contributed by atoms with Gasteiger partial charge in [0.15, 0.2) is 17.0 Å². The number of carbonyl (C=O) groups is 2. The lowest BCUT2D eigenvalue weighted by Crippen LogP contribution is -2.47. The molecule has 0 radical (unpaired) electrons. The number of benzene rings is 1. The first kappa shape index (κ1) is 12.6. The van der Waals surface area contributed by atoms with Gasteiger partial charge in [-0.1, -0.05) is 0 Å². The zero-order valence-corrected chi connectivity index (χ0v) is 11.1. The molecule has 1 fully saturated rings. The van der Waals surface area contributed by atoms with Crippen molar-refractivity contribution >= 4 is 11.9 Å². The molecule has 0 bridgehead atoms. The van der Waals surface area contributed by atoms with Crippen molar-refractivity contribution < 1.29 is 23.8 Å². The fourth-order valence-electron chi connectivity index (χ4n) is 2.62. The average Bonchev–Trinajstić information content (AvgIpc) is 2.73. The molecule has 1 saturated heterocycles. The highest BCUT2D eigenvalue weighted by Gasteiger charge is 2.51. The molecule has 3 amide bonds. The van der Waals surface area contributed by atoms with Crippen molar-refractivity contribution in [2.45, 2.75) is 12.0 Å². The SMILES string of the molecule is COc1cc2c(cc1OC)C1(CCO2)NC(=O)NC1=O. The molecule has 1 unspecified atom stereocenters. The van der Waals surface area contributed by atoms with Crippen molar-refractivity contribution in [2.75, 3.05) is 20.8 Å². The first-order valence-corrected chi connectivity index (χ1v) is 6.13. The Morgan fingerprint density at radius 2 is 1.90 bits per heavy atom. The second-order valence-corrected chi connectivity index (χ2v) is 4.62. The molecule has 106 valence electrons. The predicted octanol–water partition coefficient (Wildman–Crippen LogP) is 0.521. The molecule has 2 aliphatic heterocycles. The van der Waals surface area contributed by atoms with Crippen LogP contribution in [0.5, 0.6) is 17.2 Å². The number of nitrogens with one attached hydrogen (secondary N) is 2. The number of imide groups is 1. The molecule has 0 aromatic heterocycles. The van der Waals surface area contributed by atoms with E-state index in [4.69, 9.17) is 14.2 Å². The maximum Gasteiger partial charge on any atom is 0.322 e. The first-order valence-electron chi connectivity index (χ1n) is 6.13. The summed E-state index contributed by atoms with van der Waals surface area (Å²) in [7, 11) is 3.03. The summed E-state index contributed by atoms with van der Waals surface area (Å²) < 4.78 is 16.0. The van der Waals surface area contributed by atoms with Crippen LogP contribution in [0, 0.1) is 0 Å². The lowest BCUT2D eigenvalue weighted by atomic mass is 9.84. The molecule has 7 heteroatoms. The largest absolute Gasteiger partial charge is 0.493 e. The summed E-state index contributed by atoms with van der Waals surface area (Å²) in [4.78, 5) is 23.6. The van der Waals surface area contributed by atoms with Crippen LogP contribution >= 0.6 is 0 Å². The van der Waals surface area contributed by atoms with E-state index in [1.54, 1.807) is 12.1 Å². The Hall–Kier alpha value is -2.44. The lowest BCUT2D eigenvalue weighted by molar-refractivity contribution is -0.125. The Bertz CT molecular complexity index is 601. The van der Waals surface area contributed by atoms with E-state index in [9.17, 15) is 9.59 Å². The summed E-state index contributed by atoms with van der Waals surface area (Å²) >= 11 is 0. The normalized spacial score (nSPS) is 23.7. The molecule has 2 heterocycles. The maximum atomic E-state index is 12.2. The Balaban J connectivity index is 2.18. The van der Waals surface area contributed by atoms with Gasteiger partial charge < -0.3 is 19.5 Å². The van der Waals surface area contributed by atoms with Crippen LogP contribution in [0.15, 0.2) is 12.1 Å². The summed E-state index contributed by atoms with van der Waals surface area (Å²) in [5, 5.41) is 4.96. The highest BCUT2D eigenvalue weighted by atomic mass is 16.5. The van der Waals surface area contributed by atoms with Crippen LogP contribution in [-0.2, 0) is 10.3 Å². The first-order chi connectivity index (χ1) is 9.60. The fraction of sp³-hybridized carbons (Fsp3) is 0.385. The number of rotatable bonds is 2. The van der Waals surface area contributed by atoms with Gasteiger partial charge in [-0.05, 0) is 6.07 Å². The Morgan fingerprint density at radius 3 is 2.50 bits per heavy atom. The third kappa shape index (κ3) is 1.59. The zero-order valence-electron chi connectivity index (χ0n) is 11.1. The number of carbonyl (C=O) groups excluding carboxylic acids is 2. The Morgan fingerprint density at radius 1 is 1.20 bits per heavy atom. The number of fused-ring (bicyclic) bond motifs is 2. The molecule has 0 saturated carbocycles. The quantitative estimate of drug-likeness (QED) is 0.770. The number of amides is 3. The van der Waals surface area contributed by atoms with E-state index in [-0.39, 0.29) is 5.91 Å². The molecule has 1 aromatic rings. The summed E-state index contributed by atoms with van der Waals surface area (Å²) in [5.74, 6) is 1.11. The van der Waals surface area contributed by atoms with Gasteiger partial charge in [-0.25, -0.2) is 4.79 Å². The molecule has 1 spiro atoms. The van der Waals surface area contributed by atoms with Crippen molar-refractivity contribution in [1.82, 2.24) is 10.6 Å². The van der Waals surface area contributed by atoms with Gasteiger partial charge in [-0.15, -0.1) is 0 Å². The van der Waals surface area contributed by atoms with Crippen LogP contribution in [0.3, 0.4) is 0 Å². The van der Waals surface area contributed by atoms with Crippen LogP contribution in [0.25, 0.3) is 0 Å². The summed E-state index contributed by atoms with van der Waals surface area (Å²) in [6.45, 7) is 0.330. The summed E-state index contributed by atoms with van der Waals surface area (Å²) in [6.07, 6.45) is 0.368. The lowest BCUT2D eigenvalue weighted by Gasteiger charge is -2.33. The second kappa shape index (κ2) is 4.29. The minimum absolute atomic E-state index is 0.330. The maximum absolute atomic E-state index is 12.2. The van der Waals surface area contributed by atoms with E-state index in [2.05, 4.69) is 10.6 Å². The van der Waals surface area contributed by atoms with Crippen molar-refractivity contribution in [3.05, 3.63) is 17.7 Å². The predicted molar refractivity (Wildman–Crippen MR) is 68.0 cm³/mol. The van der Waals surface area contributed by atoms with Gasteiger partial charge in [0.25, 0.3) is 5.91 Å². The molecule has 2 N–H and O–H groups in total. The van der Waals surface area contributed by atoms with Crippen LogP contribution < -0.4 is 24.8 Å². The van der Waals surface area contributed by atoms with Gasteiger partial charge in [0.05, 0.1) is 20.8 Å². The summed E-state index contributed by atoms with van der Waals surface area (Å²) in [6, 6.07) is 2.82. The van der Waals surface area contributed by atoms with E-state index >= 15 is 0 Å². The monoisotopic (exact) mass is 278 g/mol. The molecule has 1 atom stereocenters. The minimum Gasteiger partial charge on any atom is -0.493 e. The third-order valence-electron chi connectivity index (χ3n) is 3.62. The van der Waals surface area contributed by atoms with E-state index < -0.39 is 11.6 Å². The topological polar surface area (TPSA) is 85.9 Å².